The molecule has 5 N–H and O–H groups in total. The Balaban J connectivity index is 1.85. The molecule has 1 heterocycles. The van der Waals surface area contributed by atoms with E-state index in [4.69, 9.17) is 5.73 Å². The Morgan fingerprint density at radius 2 is 2.18 bits per heavy atom. The highest BCUT2D eigenvalue weighted by Gasteiger charge is 2.38. The number of carbonyl (C=O) groups is 2. The average Bonchev–Trinajstić information content (AvgIpc) is 2.66. The third kappa shape index (κ3) is 5.69. The molecular formula is C21H33N3O4. The van der Waals surface area contributed by atoms with Crippen LogP contribution in [0.5, 0.6) is 5.75 Å². The Morgan fingerprint density at radius 3 is 2.79 bits per heavy atom. The lowest BCUT2D eigenvalue weighted by Crippen LogP contribution is -2.48. The van der Waals surface area contributed by atoms with E-state index in [-0.39, 0.29) is 23.5 Å². The second-order valence-corrected chi connectivity index (χ2v) is 8.06. The number of carbonyl (C=O) groups excluding carboxylic acids is 1. The van der Waals surface area contributed by atoms with Crippen molar-refractivity contribution >= 4 is 11.9 Å². The maximum atomic E-state index is 12.2. The number of amides is 1. The van der Waals surface area contributed by atoms with Gasteiger partial charge >= 0.3 is 5.97 Å². The van der Waals surface area contributed by atoms with E-state index >= 15 is 0 Å². The Bertz CT molecular complexity index is 681. The Hall–Kier alpha value is -2.12. The first kappa shape index (κ1) is 22.2. The predicted octanol–water partition coefficient (Wildman–Crippen LogP) is 1.69. The fourth-order valence-electron chi connectivity index (χ4n) is 3.92. The van der Waals surface area contributed by atoms with Crippen LogP contribution in [-0.2, 0) is 15.0 Å². The molecule has 0 radical (unpaired) electrons. The lowest BCUT2D eigenvalue weighted by Gasteiger charge is -2.45. The fourth-order valence-corrected chi connectivity index (χ4v) is 3.92. The molecule has 1 fully saturated rings. The predicted molar refractivity (Wildman–Crippen MR) is 108 cm³/mol. The summed E-state index contributed by atoms with van der Waals surface area (Å²) in [5, 5.41) is 21.6. The molecule has 1 aromatic rings. The number of nitrogens with one attached hydrogen (secondary N) is 1. The van der Waals surface area contributed by atoms with Crippen molar-refractivity contribution in [2.75, 3.05) is 26.2 Å². The summed E-state index contributed by atoms with van der Waals surface area (Å²) in [7, 11) is 0. The van der Waals surface area contributed by atoms with Crippen molar-refractivity contribution in [3.63, 3.8) is 0 Å². The molecular weight excluding hydrogens is 358 g/mol. The third-order valence-electron chi connectivity index (χ3n) is 6.06. The van der Waals surface area contributed by atoms with Crippen molar-refractivity contribution in [1.29, 1.82) is 0 Å². The number of hydrogen-bond acceptors (Lipinski definition) is 5. The molecule has 28 heavy (non-hydrogen) atoms. The SMILES string of the molecule is C[C@H]1CN(CCC(=O)N[C@@H](CCCN)C(=O)O)CC[C@@]1(C)c1cccc(O)c1. The zero-order chi connectivity index (χ0) is 20.7. The first-order valence-electron chi connectivity index (χ1n) is 10.0. The Morgan fingerprint density at radius 1 is 1.43 bits per heavy atom. The fraction of sp³-hybridized carbons (Fsp3) is 0.619. The molecule has 1 saturated heterocycles. The standard InChI is InChI=1S/C21H33N3O4/c1-15-14-24(11-8-19(26)23-18(20(27)28)7-4-10-22)12-9-21(15,2)16-5-3-6-17(25)13-16/h3,5-6,13,15,18,25H,4,7-12,14,22H2,1-2H3,(H,23,26)(H,27,28)/t15-,18-,21+/m0/s1. The van der Waals surface area contributed by atoms with Gasteiger partial charge in [0.25, 0.3) is 0 Å². The maximum absolute atomic E-state index is 12.2. The number of phenolic OH excluding ortho intramolecular Hbond substituents is 1. The van der Waals surface area contributed by atoms with Crippen molar-refractivity contribution in [3.8, 4) is 5.75 Å². The molecule has 0 aliphatic carbocycles. The third-order valence-corrected chi connectivity index (χ3v) is 6.06. The van der Waals surface area contributed by atoms with E-state index in [9.17, 15) is 19.8 Å². The summed E-state index contributed by atoms with van der Waals surface area (Å²) in [5.74, 6) is -0.608. The van der Waals surface area contributed by atoms with Gasteiger partial charge in [0.05, 0.1) is 0 Å². The van der Waals surface area contributed by atoms with E-state index in [1.807, 2.05) is 12.1 Å². The monoisotopic (exact) mass is 391 g/mol. The smallest absolute Gasteiger partial charge is 0.326 e. The zero-order valence-electron chi connectivity index (χ0n) is 16.9. The summed E-state index contributed by atoms with van der Waals surface area (Å²) in [5.41, 5.74) is 6.54. The van der Waals surface area contributed by atoms with Gasteiger partial charge in [0.1, 0.15) is 11.8 Å². The first-order valence-corrected chi connectivity index (χ1v) is 10.0. The molecule has 1 aliphatic heterocycles. The van der Waals surface area contributed by atoms with Gasteiger partial charge in [0, 0.05) is 19.5 Å². The molecule has 1 aromatic carbocycles. The summed E-state index contributed by atoms with van der Waals surface area (Å²) < 4.78 is 0. The van der Waals surface area contributed by atoms with Crippen LogP contribution in [0.15, 0.2) is 24.3 Å². The second kappa shape index (κ2) is 9.89. The topological polar surface area (TPSA) is 116 Å². The van der Waals surface area contributed by atoms with Crippen LogP contribution in [0.1, 0.15) is 45.1 Å². The number of carboxylic acid groups (broad SMARTS) is 1. The van der Waals surface area contributed by atoms with E-state index < -0.39 is 12.0 Å². The molecule has 0 saturated carbocycles. The Kier molecular flexibility index (Phi) is 7.83. The molecule has 0 bridgehead atoms. The molecule has 0 spiro atoms. The number of hydrogen-bond donors (Lipinski definition) is 4. The van der Waals surface area contributed by atoms with Gasteiger partial charge in [0.15, 0.2) is 0 Å². The largest absolute Gasteiger partial charge is 0.508 e. The van der Waals surface area contributed by atoms with Gasteiger partial charge in [-0.1, -0.05) is 26.0 Å². The minimum atomic E-state index is -1.02. The van der Waals surface area contributed by atoms with Crippen LogP contribution >= 0.6 is 0 Å². The van der Waals surface area contributed by atoms with Gasteiger partial charge in [-0.15, -0.1) is 0 Å². The number of carboxylic acids is 1. The average molecular weight is 392 g/mol. The van der Waals surface area contributed by atoms with Crippen molar-refractivity contribution in [3.05, 3.63) is 29.8 Å². The molecule has 3 atom stereocenters. The van der Waals surface area contributed by atoms with E-state index in [2.05, 4.69) is 30.1 Å². The molecule has 7 heteroatoms. The lowest BCUT2D eigenvalue weighted by molar-refractivity contribution is -0.142. The molecule has 0 aromatic heterocycles. The molecule has 7 nitrogen and oxygen atoms in total. The van der Waals surface area contributed by atoms with Crippen molar-refractivity contribution in [2.45, 2.75) is 51.0 Å². The zero-order valence-corrected chi connectivity index (χ0v) is 16.9. The Labute approximate surface area is 166 Å². The van der Waals surface area contributed by atoms with Crippen LogP contribution in [0, 0.1) is 5.92 Å². The number of aromatic hydroxyl groups is 1. The number of piperidine rings is 1. The minimum Gasteiger partial charge on any atom is -0.508 e. The van der Waals surface area contributed by atoms with Gasteiger partial charge in [-0.25, -0.2) is 4.79 Å². The molecule has 1 amide bonds. The van der Waals surface area contributed by atoms with Crippen LogP contribution in [-0.4, -0.2) is 59.2 Å². The summed E-state index contributed by atoms with van der Waals surface area (Å²) in [6.07, 6.45) is 2.13. The van der Waals surface area contributed by atoms with Crippen molar-refractivity contribution in [1.82, 2.24) is 10.2 Å². The summed E-state index contributed by atoms with van der Waals surface area (Å²) in [4.78, 5) is 25.7. The van der Waals surface area contributed by atoms with Gasteiger partial charge < -0.3 is 26.2 Å². The second-order valence-electron chi connectivity index (χ2n) is 8.06. The number of aliphatic carboxylic acids is 1. The molecule has 156 valence electrons. The van der Waals surface area contributed by atoms with Gasteiger partial charge in [-0.3, -0.25) is 4.79 Å². The summed E-state index contributed by atoms with van der Waals surface area (Å²) in [6, 6.07) is 6.59. The van der Waals surface area contributed by atoms with Crippen molar-refractivity contribution < 1.29 is 19.8 Å². The quantitative estimate of drug-likeness (QED) is 0.509. The van der Waals surface area contributed by atoms with Crippen LogP contribution in [0.3, 0.4) is 0 Å². The van der Waals surface area contributed by atoms with E-state index in [1.54, 1.807) is 6.07 Å². The minimum absolute atomic E-state index is 0.0197. The lowest BCUT2D eigenvalue weighted by atomic mass is 9.68. The first-order chi connectivity index (χ1) is 13.3. The summed E-state index contributed by atoms with van der Waals surface area (Å²) in [6.45, 7) is 7.15. The number of benzene rings is 1. The highest BCUT2D eigenvalue weighted by atomic mass is 16.4. The highest BCUT2D eigenvalue weighted by Crippen LogP contribution is 2.40. The normalized spacial score (nSPS) is 23.9. The maximum Gasteiger partial charge on any atom is 0.326 e. The number of rotatable bonds is 9. The molecule has 2 rings (SSSR count). The molecule has 0 unspecified atom stereocenters. The van der Waals surface area contributed by atoms with Gasteiger partial charge in [-0.2, -0.15) is 0 Å². The van der Waals surface area contributed by atoms with E-state index in [0.717, 1.165) is 25.1 Å². The number of nitrogens with two attached hydrogens (primary N) is 1. The summed E-state index contributed by atoms with van der Waals surface area (Å²) >= 11 is 0. The van der Waals surface area contributed by atoms with E-state index in [0.29, 0.717) is 31.8 Å². The molecule has 1 aliphatic rings. The van der Waals surface area contributed by atoms with Gasteiger partial charge in [0.2, 0.25) is 5.91 Å². The number of likely N-dealkylation sites (tertiary alicyclic amines) is 1. The van der Waals surface area contributed by atoms with Crippen LogP contribution in [0.4, 0.5) is 0 Å². The number of phenols is 1. The highest BCUT2D eigenvalue weighted by molar-refractivity contribution is 5.83. The van der Waals surface area contributed by atoms with Crippen LogP contribution < -0.4 is 11.1 Å². The van der Waals surface area contributed by atoms with E-state index in [1.165, 1.54) is 0 Å². The van der Waals surface area contributed by atoms with Crippen LogP contribution in [0.2, 0.25) is 0 Å². The van der Waals surface area contributed by atoms with Gasteiger partial charge in [-0.05, 0) is 61.4 Å². The number of nitrogens with zero attached hydrogens (tertiary/aromatic N) is 1. The van der Waals surface area contributed by atoms with Crippen LogP contribution in [0.25, 0.3) is 0 Å². The van der Waals surface area contributed by atoms with Crippen molar-refractivity contribution in [2.24, 2.45) is 11.7 Å².